The molecule has 0 aromatic heterocycles. The first kappa shape index (κ1) is 17.6. The molecule has 4 nitrogen and oxygen atoms in total. The van der Waals surface area contributed by atoms with Gasteiger partial charge < -0.3 is 15.4 Å². The van der Waals surface area contributed by atoms with E-state index in [9.17, 15) is 4.79 Å². The molecule has 0 saturated carbocycles. The maximum absolute atomic E-state index is 11.6. The van der Waals surface area contributed by atoms with Crippen LogP contribution < -0.4 is 10.6 Å². The molecular weight excluding hydrogens is 248 g/mol. The van der Waals surface area contributed by atoms with Gasteiger partial charge in [-0.3, -0.25) is 0 Å². The molecule has 0 atom stereocenters. The molecule has 0 radical (unpaired) electrons. The zero-order valence-corrected chi connectivity index (χ0v) is 13.4. The molecule has 0 aromatic carbocycles. The van der Waals surface area contributed by atoms with Crippen LogP contribution in [0.1, 0.15) is 41.0 Å². The molecule has 0 aliphatic rings. The molecule has 1 amide bonds. The Bertz CT molecular complexity index is 250. The van der Waals surface area contributed by atoms with Crippen LogP contribution in [0, 0.1) is 0 Å². The van der Waals surface area contributed by atoms with E-state index in [2.05, 4.69) is 16.9 Å². The summed E-state index contributed by atoms with van der Waals surface area (Å²) in [4.78, 5) is 11.6. The van der Waals surface area contributed by atoms with Crippen molar-refractivity contribution in [2.45, 2.75) is 52.2 Å². The second-order valence-electron chi connectivity index (χ2n) is 6.03. The third-order valence-corrected chi connectivity index (χ3v) is 2.81. The molecule has 0 unspecified atom stereocenters. The third-order valence-electron chi connectivity index (χ3n) is 2.11. The van der Waals surface area contributed by atoms with Crippen LogP contribution in [0.4, 0.5) is 4.79 Å². The van der Waals surface area contributed by atoms with Crippen LogP contribution in [-0.2, 0) is 4.74 Å². The van der Waals surface area contributed by atoms with Crippen LogP contribution in [-0.4, -0.2) is 42.3 Å². The number of carbonyl (C=O) groups is 1. The first-order valence-electron chi connectivity index (χ1n) is 6.37. The maximum Gasteiger partial charge on any atom is 0.408 e. The molecule has 0 aliphatic heterocycles. The molecule has 108 valence electrons. The fourth-order valence-electron chi connectivity index (χ4n) is 1.37. The van der Waals surface area contributed by atoms with E-state index in [-0.39, 0.29) is 11.6 Å². The first-order valence-corrected chi connectivity index (χ1v) is 7.76. The van der Waals surface area contributed by atoms with Crippen LogP contribution in [0.15, 0.2) is 0 Å². The number of carbonyl (C=O) groups excluding carboxylic acids is 1. The number of thioether (sulfide) groups is 1. The van der Waals surface area contributed by atoms with Crippen LogP contribution in [0.2, 0.25) is 0 Å². The van der Waals surface area contributed by atoms with Gasteiger partial charge in [0.1, 0.15) is 5.60 Å². The summed E-state index contributed by atoms with van der Waals surface area (Å²) in [5.41, 5.74) is -0.756. The Labute approximate surface area is 116 Å². The second-order valence-corrected chi connectivity index (χ2v) is 7.02. The Morgan fingerprint density at radius 2 is 1.83 bits per heavy atom. The number of hydrogen-bond acceptors (Lipinski definition) is 4. The molecule has 0 fully saturated rings. The van der Waals surface area contributed by atoms with E-state index in [1.807, 2.05) is 46.4 Å². The topological polar surface area (TPSA) is 50.4 Å². The van der Waals surface area contributed by atoms with Crippen LogP contribution in [0.25, 0.3) is 0 Å². The van der Waals surface area contributed by atoms with Gasteiger partial charge >= 0.3 is 6.09 Å². The van der Waals surface area contributed by atoms with E-state index in [0.29, 0.717) is 0 Å². The van der Waals surface area contributed by atoms with Crippen molar-refractivity contribution < 1.29 is 9.53 Å². The standard InChI is InChI=1S/C13H28N2O2S/c1-12(2,3)17-11(16)15-13(4,5)10-14-8-7-9-18-6/h14H,7-10H2,1-6H3,(H,15,16). The quantitative estimate of drug-likeness (QED) is 0.702. The Morgan fingerprint density at radius 1 is 1.22 bits per heavy atom. The molecule has 2 N–H and O–H groups in total. The summed E-state index contributed by atoms with van der Waals surface area (Å²) in [6.07, 6.45) is 2.89. The van der Waals surface area contributed by atoms with E-state index in [1.165, 1.54) is 0 Å². The largest absolute Gasteiger partial charge is 0.444 e. The van der Waals surface area contributed by atoms with Gasteiger partial charge in [-0.15, -0.1) is 0 Å². The highest BCUT2D eigenvalue weighted by atomic mass is 32.2. The lowest BCUT2D eigenvalue weighted by atomic mass is 10.1. The molecule has 0 heterocycles. The zero-order chi connectivity index (χ0) is 14.2. The van der Waals surface area contributed by atoms with Gasteiger partial charge in [0.2, 0.25) is 0 Å². The van der Waals surface area contributed by atoms with Gasteiger partial charge in [-0.1, -0.05) is 0 Å². The Balaban J connectivity index is 3.88. The molecule has 0 rings (SSSR count). The normalized spacial score (nSPS) is 12.3. The molecule has 5 heteroatoms. The van der Waals surface area contributed by atoms with Crippen molar-refractivity contribution >= 4 is 17.9 Å². The molecule has 0 aliphatic carbocycles. The SMILES string of the molecule is CSCCCNCC(C)(C)NC(=O)OC(C)(C)C. The summed E-state index contributed by atoms with van der Waals surface area (Å²) in [5.74, 6) is 1.16. The minimum absolute atomic E-state index is 0.304. The van der Waals surface area contributed by atoms with E-state index in [0.717, 1.165) is 25.3 Å². The predicted octanol–water partition coefficient (Wildman–Crippen LogP) is 2.63. The Hall–Kier alpha value is -0.420. The smallest absolute Gasteiger partial charge is 0.408 e. The van der Waals surface area contributed by atoms with E-state index >= 15 is 0 Å². The van der Waals surface area contributed by atoms with Gasteiger partial charge in [0.05, 0.1) is 5.54 Å². The summed E-state index contributed by atoms with van der Waals surface area (Å²) in [6.45, 7) is 11.3. The maximum atomic E-state index is 11.6. The van der Waals surface area contributed by atoms with Crippen molar-refractivity contribution in [3.05, 3.63) is 0 Å². The monoisotopic (exact) mass is 276 g/mol. The minimum atomic E-state index is -0.452. The van der Waals surface area contributed by atoms with Crippen molar-refractivity contribution in [1.29, 1.82) is 0 Å². The van der Waals surface area contributed by atoms with Gasteiger partial charge in [0.15, 0.2) is 0 Å². The van der Waals surface area contributed by atoms with Crippen molar-refractivity contribution in [3.63, 3.8) is 0 Å². The van der Waals surface area contributed by atoms with E-state index in [4.69, 9.17) is 4.74 Å². The first-order chi connectivity index (χ1) is 8.16. The lowest BCUT2D eigenvalue weighted by molar-refractivity contribution is 0.0472. The number of amides is 1. The highest BCUT2D eigenvalue weighted by Gasteiger charge is 2.23. The molecule has 0 aromatic rings. The van der Waals surface area contributed by atoms with Crippen molar-refractivity contribution in [2.24, 2.45) is 0 Å². The highest BCUT2D eigenvalue weighted by Crippen LogP contribution is 2.09. The fraction of sp³-hybridized carbons (Fsp3) is 0.923. The number of nitrogens with one attached hydrogen (secondary N) is 2. The van der Waals surface area contributed by atoms with Crippen LogP contribution in [0.5, 0.6) is 0 Å². The molecular formula is C13H28N2O2S. The van der Waals surface area contributed by atoms with Crippen molar-refractivity contribution in [3.8, 4) is 0 Å². The average Bonchev–Trinajstić information content (AvgIpc) is 2.12. The third kappa shape index (κ3) is 10.7. The lowest BCUT2D eigenvalue weighted by Crippen LogP contribution is -2.51. The van der Waals surface area contributed by atoms with Gasteiger partial charge in [-0.05, 0) is 59.6 Å². The summed E-state index contributed by atoms with van der Waals surface area (Å²) in [6, 6.07) is 0. The number of rotatable bonds is 7. The highest BCUT2D eigenvalue weighted by molar-refractivity contribution is 7.98. The fourth-order valence-corrected chi connectivity index (χ4v) is 1.80. The summed E-state index contributed by atoms with van der Waals surface area (Å²) < 4.78 is 5.24. The Morgan fingerprint density at radius 3 is 2.33 bits per heavy atom. The van der Waals surface area contributed by atoms with E-state index < -0.39 is 5.60 Å². The average molecular weight is 276 g/mol. The summed E-state index contributed by atoms with van der Waals surface area (Å²) in [5, 5.41) is 6.22. The molecule has 0 saturated heterocycles. The number of alkyl carbamates (subject to hydrolysis) is 1. The number of hydrogen-bond donors (Lipinski definition) is 2. The van der Waals surface area contributed by atoms with Crippen molar-refractivity contribution in [2.75, 3.05) is 25.1 Å². The van der Waals surface area contributed by atoms with Crippen molar-refractivity contribution in [1.82, 2.24) is 10.6 Å². The molecule has 0 bridgehead atoms. The second kappa shape index (κ2) is 7.89. The molecule has 0 spiro atoms. The van der Waals surface area contributed by atoms with Gasteiger partial charge in [-0.2, -0.15) is 11.8 Å². The Kier molecular flexibility index (Phi) is 7.71. The predicted molar refractivity (Wildman–Crippen MR) is 79.3 cm³/mol. The summed E-state index contributed by atoms with van der Waals surface area (Å²) in [7, 11) is 0. The van der Waals surface area contributed by atoms with Crippen LogP contribution in [0.3, 0.4) is 0 Å². The van der Waals surface area contributed by atoms with Gasteiger partial charge in [0, 0.05) is 6.54 Å². The zero-order valence-electron chi connectivity index (χ0n) is 12.6. The van der Waals surface area contributed by atoms with E-state index in [1.54, 1.807) is 0 Å². The lowest BCUT2D eigenvalue weighted by Gasteiger charge is -2.29. The van der Waals surface area contributed by atoms with Gasteiger partial charge in [0.25, 0.3) is 0 Å². The van der Waals surface area contributed by atoms with Crippen LogP contribution >= 0.6 is 11.8 Å². The summed E-state index contributed by atoms with van der Waals surface area (Å²) >= 11 is 1.85. The number of ether oxygens (including phenoxy) is 1. The van der Waals surface area contributed by atoms with Gasteiger partial charge in [-0.25, -0.2) is 4.79 Å². The molecule has 18 heavy (non-hydrogen) atoms. The minimum Gasteiger partial charge on any atom is -0.444 e.